The van der Waals surface area contributed by atoms with E-state index in [4.69, 9.17) is 4.42 Å². The highest BCUT2D eigenvalue weighted by Gasteiger charge is 2.12. The van der Waals surface area contributed by atoms with Crippen molar-refractivity contribution in [2.75, 3.05) is 24.3 Å². The van der Waals surface area contributed by atoms with Crippen molar-refractivity contribution < 1.29 is 9.21 Å². The summed E-state index contributed by atoms with van der Waals surface area (Å²) in [5.41, 5.74) is 1.72. The molecule has 0 unspecified atom stereocenters. The van der Waals surface area contributed by atoms with Crippen LogP contribution in [-0.4, -0.2) is 25.0 Å². The molecule has 94 valence electrons. The second-order valence-corrected chi connectivity index (χ2v) is 4.17. The Bertz CT molecular complexity index is 561. The highest BCUT2D eigenvalue weighted by atomic mass is 16.4. The Kier molecular flexibility index (Phi) is 3.32. The largest absolute Gasteiger partial charge is 0.438 e. The number of carbonyl (C=O) groups is 1. The average Bonchev–Trinajstić information content (AvgIpc) is 2.76. The summed E-state index contributed by atoms with van der Waals surface area (Å²) in [6, 6.07) is 7.55. The van der Waals surface area contributed by atoms with Crippen molar-refractivity contribution in [2.24, 2.45) is 0 Å². The summed E-state index contributed by atoms with van der Waals surface area (Å²) in [5.74, 6) is 0.337. The molecule has 1 aromatic heterocycles. The molecule has 0 saturated carbocycles. The van der Waals surface area contributed by atoms with Gasteiger partial charge in [0.2, 0.25) is 0 Å². The molecule has 1 aromatic carbocycles. The zero-order chi connectivity index (χ0) is 13.1. The van der Waals surface area contributed by atoms with Gasteiger partial charge in [-0.15, -0.1) is 0 Å². The maximum Gasteiger partial charge on any atom is 0.311 e. The molecule has 2 aromatic rings. The third-order valence-corrected chi connectivity index (χ3v) is 2.44. The van der Waals surface area contributed by atoms with Crippen molar-refractivity contribution in [1.82, 2.24) is 4.98 Å². The van der Waals surface area contributed by atoms with Crippen LogP contribution < -0.4 is 10.2 Å². The number of hydrogen-bond acceptors (Lipinski definition) is 4. The number of amides is 1. The van der Waals surface area contributed by atoms with Gasteiger partial charge in [0.15, 0.2) is 0 Å². The van der Waals surface area contributed by atoms with Crippen molar-refractivity contribution in [1.29, 1.82) is 0 Å². The third-order valence-electron chi connectivity index (χ3n) is 2.44. The van der Waals surface area contributed by atoms with Gasteiger partial charge in [-0.1, -0.05) is 6.07 Å². The van der Waals surface area contributed by atoms with E-state index in [1.54, 1.807) is 6.92 Å². The van der Waals surface area contributed by atoms with Crippen molar-refractivity contribution in [2.45, 2.75) is 6.92 Å². The van der Waals surface area contributed by atoms with E-state index in [2.05, 4.69) is 10.3 Å². The molecule has 0 aliphatic carbocycles. The van der Waals surface area contributed by atoms with Crippen molar-refractivity contribution in [3.8, 4) is 0 Å². The summed E-state index contributed by atoms with van der Waals surface area (Å²) in [5, 5.41) is 2.74. The molecule has 0 bridgehead atoms. The molecule has 1 heterocycles. The van der Waals surface area contributed by atoms with E-state index in [0.29, 0.717) is 11.4 Å². The second kappa shape index (κ2) is 4.91. The lowest BCUT2D eigenvalue weighted by atomic mass is 10.2. The Morgan fingerprint density at radius 1 is 1.39 bits per heavy atom. The lowest BCUT2D eigenvalue weighted by Crippen LogP contribution is -2.13. The Balaban J connectivity index is 2.14. The molecule has 18 heavy (non-hydrogen) atoms. The highest BCUT2D eigenvalue weighted by molar-refractivity contribution is 6.01. The Morgan fingerprint density at radius 2 is 2.17 bits per heavy atom. The molecule has 0 aliphatic heterocycles. The summed E-state index contributed by atoms with van der Waals surface area (Å²) >= 11 is 0. The maximum absolute atomic E-state index is 11.8. The number of benzene rings is 1. The van der Waals surface area contributed by atoms with Gasteiger partial charge in [0, 0.05) is 25.5 Å². The highest BCUT2D eigenvalue weighted by Crippen LogP contribution is 2.17. The number of rotatable bonds is 3. The van der Waals surface area contributed by atoms with Crippen LogP contribution in [0.5, 0.6) is 0 Å². The molecule has 0 fully saturated rings. The molecule has 0 radical (unpaired) electrons. The van der Waals surface area contributed by atoms with Crippen LogP contribution in [0.2, 0.25) is 0 Å². The number of anilines is 2. The summed E-state index contributed by atoms with van der Waals surface area (Å²) < 4.78 is 5.16. The summed E-state index contributed by atoms with van der Waals surface area (Å²) in [7, 11) is 3.89. The quantitative estimate of drug-likeness (QED) is 0.901. The predicted octanol–water partition coefficient (Wildman–Crippen LogP) is 2.30. The number of carbonyl (C=O) groups excluding carboxylic acids is 1. The molecular weight excluding hydrogens is 230 g/mol. The molecule has 5 nitrogen and oxygen atoms in total. The van der Waals surface area contributed by atoms with Crippen LogP contribution in [0.15, 0.2) is 34.9 Å². The predicted molar refractivity (Wildman–Crippen MR) is 70.0 cm³/mol. The van der Waals surface area contributed by atoms with Gasteiger partial charge in [-0.25, -0.2) is 4.98 Å². The minimum Gasteiger partial charge on any atom is -0.438 e. The van der Waals surface area contributed by atoms with E-state index in [1.807, 2.05) is 43.3 Å². The van der Waals surface area contributed by atoms with Crippen LogP contribution in [-0.2, 0) is 0 Å². The Morgan fingerprint density at radius 3 is 2.78 bits per heavy atom. The monoisotopic (exact) mass is 245 g/mol. The molecule has 2 rings (SSSR count). The summed E-state index contributed by atoms with van der Waals surface area (Å²) in [4.78, 5) is 17.7. The van der Waals surface area contributed by atoms with E-state index in [-0.39, 0.29) is 11.8 Å². The normalized spacial score (nSPS) is 10.2. The number of oxazole rings is 1. The lowest BCUT2D eigenvalue weighted by molar-refractivity contribution is 0.0989. The standard InChI is InChI=1S/C13H15N3O2/c1-9-8-14-13(18-9)12(17)15-10-5-4-6-11(7-10)16(2)3/h4-8H,1-3H3,(H,15,17). The maximum atomic E-state index is 11.8. The fraction of sp³-hybridized carbons (Fsp3) is 0.231. The smallest absolute Gasteiger partial charge is 0.311 e. The first-order valence-electron chi connectivity index (χ1n) is 5.57. The van der Waals surface area contributed by atoms with Gasteiger partial charge in [-0.2, -0.15) is 0 Å². The summed E-state index contributed by atoms with van der Waals surface area (Å²) in [6.07, 6.45) is 1.52. The van der Waals surface area contributed by atoms with Crippen LogP contribution in [0.3, 0.4) is 0 Å². The molecule has 1 N–H and O–H groups in total. The second-order valence-electron chi connectivity index (χ2n) is 4.17. The van der Waals surface area contributed by atoms with Gasteiger partial charge in [0.1, 0.15) is 5.76 Å². The topological polar surface area (TPSA) is 58.4 Å². The SMILES string of the molecule is Cc1cnc(C(=O)Nc2cccc(N(C)C)c2)o1. The first-order valence-corrected chi connectivity index (χ1v) is 5.57. The number of hydrogen-bond donors (Lipinski definition) is 1. The van der Waals surface area contributed by atoms with Crippen molar-refractivity contribution in [3.63, 3.8) is 0 Å². The number of nitrogens with one attached hydrogen (secondary N) is 1. The van der Waals surface area contributed by atoms with Gasteiger partial charge in [0.25, 0.3) is 5.89 Å². The first-order chi connectivity index (χ1) is 8.56. The number of aryl methyl sites for hydroxylation is 1. The molecule has 0 atom stereocenters. The average molecular weight is 245 g/mol. The van der Waals surface area contributed by atoms with Crippen molar-refractivity contribution >= 4 is 17.3 Å². The molecule has 0 aliphatic rings. The minimum atomic E-state index is -0.348. The van der Waals surface area contributed by atoms with Crippen LogP contribution in [0, 0.1) is 6.92 Å². The minimum absolute atomic E-state index is 0.0720. The lowest BCUT2D eigenvalue weighted by Gasteiger charge is -2.13. The number of nitrogens with zero attached hydrogens (tertiary/aromatic N) is 2. The third kappa shape index (κ3) is 2.68. The van der Waals surface area contributed by atoms with Gasteiger partial charge >= 0.3 is 5.91 Å². The summed E-state index contributed by atoms with van der Waals surface area (Å²) in [6.45, 7) is 1.75. The fourth-order valence-electron chi connectivity index (χ4n) is 1.51. The molecule has 5 heteroatoms. The van der Waals surface area contributed by atoms with Crippen LogP contribution in [0.1, 0.15) is 16.4 Å². The van der Waals surface area contributed by atoms with Gasteiger partial charge in [0.05, 0.1) is 6.20 Å². The fourth-order valence-corrected chi connectivity index (χ4v) is 1.51. The van der Waals surface area contributed by atoms with Crippen LogP contribution >= 0.6 is 0 Å². The van der Waals surface area contributed by atoms with E-state index < -0.39 is 0 Å². The molecule has 0 spiro atoms. The first kappa shape index (κ1) is 12.2. The van der Waals surface area contributed by atoms with Gasteiger partial charge < -0.3 is 14.6 Å². The Labute approximate surface area is 105 Å². The zero-order valence-electron chi connectivity index (χ0n) is 10.6. The van der Waals surface area contributed by atoms with E-state index in [9.17, 15) is 4.79 Å². The van der Waals surface area contributed by atoms with Crippen LogP contribution in [0.4, 0.5) is 11.4 Å². The van der Waals surface area contributed by atoms with E-state index in [0.717, 1.165) is 5.69 Å². The van der Waals surface area contributed by atoms with Gasteiger partial charge in [-0.3, -0.25) is 4.79 Å². The van der Waals surface area contributed by atoms with E-state index >= 15 is 0 Å². The number of aromatic nitrogens is 1. The van der Waals surface area contributed by atoms with Crippen molar-refractivity contribution in [3.05, 3.63) is 42.1 Å². The molecular formula is C13H15N3O2. The molecule has 0 saturated heterocycles. The van der Waals surface area contributed by atoms with Crippen LogP contribution in [0.25, 0.3) is 0 Å². The zero-order valence-corrected chi connectivity index (χ0v) is 10.6. The Hall–Kier alpha value is -2.30. The van der Waals surface area contributed by atoms with E-state index in [1.165, 1.54) is 6.20 Å². The van der Waals surface area contributed by atoms with Gasteiger partial charge in [-0.05, 0) is 25.1 Å². The molecule has 1 amide bonds.